The van der Waals surface area contributed by atoms with Crippen LogP contribution in [0.5, 0.6) is 5.75 Å². The molecule has 0 radical (unpaired) electrons. The van der Waals surface area contributed by atoms with Crippen LogP contribution >= 0.6 is 0 Å². The van der Waals surface area contributed by atoms with Crippen LogP contribution in [0.4, 0.5) is 11.4 Å². The van der Waals surface area contributed by atoms with Crippen molar-refractivity contribution in [2.75, 3.05) is 19.5 Å². The zero-order valence-corrected chi connectivity index (χ0v) is 7.92. The molecule has 0 bridgehead atoms. The molecule has 0 aliphatic rings. The number of ether oxygens (including phenoxy) is 1. The van der Waals surface area contributed by atoms with E-state index in [9.17, 15) is 4.91 Å². The Morgan fingerprint density at radius 3 is 2.62 bits per heavy atom. The molecule has 0 atom stereocenters. The Hall–Kier alpha value is -1.58. The predicted molar refractivity (Wildman–Crippen MR) is 52.7 cm³/mol. The van der Waals surface area contributed by atoms with Gasteiger partial charge < -0.3 is 10.1 Å². The van der Waals surface area contributed by atoms with Crippen LogP contribution in [0, 0.1) is 11.8 Å². The molecule has 1 aromatic carbocycles. The molecule has 0 unspecified atom stereocenters. The highest BCUT2D eigenvalue weighted by Gasteiger charge is 2.06. The topological polar surface area (TPSA) is 50.7 Å². The van der Waals surface area contributed by atoms with Gasteiger partial charge in [-0.2, -0.15) is 0 Å². The van der Waals surface area contributed by atoms with E-state index >= 15 is 0 Å². The third kappa shape index (κ3) is 1.77. The molecule has 0 amide bonds. The van der Waals surface area contributed by atoms with Crippen LogP contribution in [0.3, 0.4) is 0 Å². The number of nitroso groups, excluding NO2 is 1. The number of nitrogens with one attached hydrogen (secondary N) is 1. The lowest BCUT2D eigenvalue weighted by atomic mass is 10.1. The molecular weight excluding hydrogens is 168 g/mol. The van der Waals surface area contributed by atoms with Crippen LogP contribution in [-0.4, -0.2) is 14.2 Å². The normalized spacial score (nSPS) is 9.46. The molecule has 4 nitrogen and oxygen atoms in total. The first kappa shape index (κ1) is 9.51. The summed E-state index contributed by atoms with van der Waals surface area (Å²) < 4.78 is 5.00. The third-order valence-corrected chi connectivity index (χ3v) is 1.89. The first-order valence-corrected chi connectivity index (χ1v) is 3.92. The minimum Gasteiger partial charge on any atom is -0.494 e. The van der Waals surface area contributed by atoms with E-state index in [0.717, 1.165) is 11.3 Å². The molecule has 0 aromatic heterocycles. The lowest BCUT2D eigenvalue weighted by molar-refractivity contribution is 0.416. The maximum atomic E-state index is 10.4. The fourth-order valence-electron chi connectivity index (χ4n) is 1.18. The Morgan fingerprint density at radius 2 is 2.15 bits per heavy atom. The second kappa shape index (κ2) is 3.89. The number of hydrogen-bond acceptors (Lipinski definition) is 4. The maximum absolute atomic E-state index is 10.4. The summed E-state index contributed by atoms with van der Waals surface area (Å²) in [6.45, 7) is 1.90. The Labute approximate surface area is 76.9 Å². The molecule has 0 aliphatic heterocycles. The summed E-state index contributed by atoms with van der Waals surface area (Å²) in [5, 5.41) is 5.87. The predicted octanol–water partition coefficient (Wildman–Crippen LogP) is 2.44. The molecule has 0 saturated carbocycles. The Kier molecular flexibility index (Phi) is 2.84. The van der Waals surface area contributed by atoms with Crippen molar-refractivity contribution in [2.24, 2.45) is 5.18 Å². The molecule has 0 heterocycles. The molecule has 4 heteroatoms. The summed E-state index contributed by atoms with van der Waals surface area (Å²) in [7, 11) is 3.33. The van der Waals surface area contributed by atoms with Gasteiger partial charge in [0.25, 0.3) is 0 Å². The first-order valence-electron chi connectivity index (χ1n) is 3.92. The van der Waals surface area contributed by atoms with Crippen LogP contribution in [0.1, 0.15) is 5.56 Å². The van der Waals surface area contributed by atoms with Crippen molar-refractivity contribution in [3.8, 4) is 5.75 Å². The molecular formula is C9H12N2O2. The standard InChI is InChI=1S/C9H12N2O2/c1-6-4-8(11-12)9(13-3)5-7(6)10-2/h4-5,10H,1-3H3. The Morgan fingerprint density at radius 1 is 1.46 bits per heavy atom. The van der Waals surface area contributed by atoms with E-state index in [0.29, 0.717) is 11.4 Å². The van der Waals surface area contributed by atoms with Gasteiger partial charge in [-0.1, -0.05) is 0 Å². The second-order valence-electron chi connectivity index (χ2n) is 2.68. The highest BCUT2D eigenvalue weighted by Crippen LogP contribution is 2.32. The van der Waals surface area contributed by atoms with E-state index in [4.69, 9.17) is 4.74 Å². The van der Waals surface area contributed by atoms with Crippen LogP contribution in [0.25, 0.3) is 0 Å². The van der Waals surface area contributed by atoms with Gasteiger partial charge in [0.1, 0.15) is 11.4 Å². The molecule has 1 rings (SSSR count). The summed E-state index contributed by atoms with van der Waals surface area (Å²) in [5.41, 5.74) is 2.24. The average Bonchev–Trinajstić information content (AvgIpc) is 2.17. The van der Waals surface area contributed by atoms with Crippen LogP contribution in [0.15, 0.2) is 17.3 Å². The van der Waals surface area contributed by atoms with E-state index in [-0.39, 0.29) is 0 Å². The number of benzene rings is 1. The van der Waals surface area contributed by atoms with Gasteiger partial charge in [0.05, 0.1) is 7.11 Å². The van der Waals surface area contributed by atoms with E-state index < -0.39 is 0 Å². The summed E-state index contributed by atoms with van der Waals surface area (Å²) >= 11 is 0. The van der Waals surface area contributed by atoms with E-state index in [1.807, 2.05) is 14.0 Å². The summed E-state index contributed by atoms with van der Waals surface area (Å²) in [6.07, 6.45) is 0. The zero-order valence-electron chi connectivity index (χ0n) is 7.92. The fourth-order valence-corrected chi connectivity index (χ4v) is 1.18. The summed E-state index contributed by atoms with van der Waals surface area (Å²) in [4.78, 5) is 10.4. The van der Waals surface area contributed by atoms with E-state index in [1.165, 1.54) is 7.11 Å². The van der Waals surface area contributed by atoms with Gasteiger partial charge in [0, 0.05) is 18.8 Å². The monoisotopic (exact) mass is 180 g/mol. The molecule has 0 fully saturated rings. The molecule has 13 heavy (non-hydrogen) atoms. The van der Waals surface area contributed by atoms with Crippen molar-refractivity contribution in [1.29, 1.82) is 0 Å². The number of nitrogens with zero attached hydrogens (tertiary/aromatic N) is 1. The number of hydrogen-bond donors (Lipinski definition) is 1. The van der Waals surface area contributed by atoms with Gasteiger partial charge in [-0.15, -0.1) is 4.91 Å². The second-order valence-corrected chi connectivity index (χ2v) is 2.68. The van der Waals surface area contributed by atoms with Gasteiger partial charge in [0.2, 0.25) is 0 Å². The number of methoxy groups -OCH3 is 1. The van der Waals surface area contributed by atoms with Crippen LogP contribution in [0.2, 0.25) is 0 Å². The van der Waals surface area contributed by atoms with Gasteiger partial charge >= 0.3 is 0 Å². The number of aryl methyl sites for hydroxylation is 1. The molecule has 70 valence electrons. The first-order chi connectivity index (χ1) is 6.22. The van der Waals surface area contributed by atoms with Gasteiger partial charge in [0.15, 0.2) is 0 Å². The number of rotatable bonds is 3. The largest absolute Gasteiger partial charge is 0.494 e. The Bertz CT molecular complexity index is 324. The fraction of sp³-hybridized carbons (Fsp3) is 0.333. The van der Waals surface area contributed by atoms with Crippen LogP contribution in [-0.2, 0) is 0 Å². The van der Waals surface area contributed by atoms with Gasteiger partial charge in [-0.25, -0.2) is 0 Å². The SMILES string of the molecule is CNc1cc(OC)c(N=O)cc1C. The Balaban J connectivity index is 3.26. The third-order valence-electron chi connectivity index (χ3n) is 1.89. The van der Waals surface area contributed by atoms with Crippen molar-refractivity contribution >= 4 is 11.4 Å². The lowest BCUT2D eigenvalue weighted by Crippen LogP contribution is -1.93. The maximum Gasteiger partial charge on any atom is 0.150 e. The van der Waals surface area contributed by atoms with E-state index in [2.05, 4.69) is 10.5 Å². The zero-order chi connectivity index (χ0) is 9.84. The van der Waals surface area contributed by atoms with Crippen molar-refractivity contribution in [2.45, 2.75) is 6.92 Å². The molecule has 0 spiro atoms. The smallest absolute Gasteiger partial charge is 0.150 e. The quantitative estimate of drug-likeness (QED) is 0.727. The number of anilines is 1. The van der Waals surface area contributed by atoms with Crippen molar-refractivity contribution in [3.63, 3.8) is 0 Å². The summed E-state index contributed by atoms with van der Waals surface area (Å²) in [6, 6.07) is 3.45. The molecule has 1 N–H and O–H groups in total. The minimum atomic E-state index is 0.332. The molecule has 0 saturated heterocycles. The molecule has 0 aliphatic carbocycles. The van der Waals surface area contributed by atoms with Crippen molar-refractivity contribution in [1.82, 2.24) is 0 Å². The summed E-state index contributed by atoms with van der Waals surface area (Å²) in [5.74, 6) is 0.491. The highest BCUT2D eigenvalue weighted by molar-refractivity contribution is 5.64. The molecule has 1 aromatic rings. The van der Waals surface area contributed by atoms with Crippen LogP contribution < -0.4 is 10.1 Å². The van der Waals surface area contributed by atoms with Gasteiger partial charge in [-0.05, 0) is 23.7 Å². The van der Waals surface area contributed by atoms with Gasteiger partial charge in [-0.3, -0.25) is 0 Å². The van der Waals surface area contributed by atoms with Crippen molar-refractivity contribution in [3.05, 3.63) is 22.6 Å². The lowest BCUT2D eigenvalue weighted by Gasteiger charge is -2.08. The minimum absolute atomic E-state index is 0.332. The average molecular weight is 180 g/mol. The van der Waals surface area contributed by atoms with E-state index in [1.54, 1.807) is 12.1 Å². The highest BCUT2D eigenvalue weighted by atomic mass is 16.5. The van der Waals surface area contributed by atoms with Crippen molar-refractivity contribution < 1.29 is 4.74 Å².